The second-order valence-electron chi connectivity index (χ2n) is 4.79. The van der Waals surface area contributed by atoms with Gasteiger partial charge < -0.3 is 10.1 Å². The maximum Gasteiger partial charge on any atom is 0.258 e. The first kappa shape index (κ1) is 13.8. The molecule has 4 nitrogen and oxygen atoms in total. The number of rotatable bonds is 2. The molecule has 2 rings (SSSR count). The van der Waals surface area contributed by atoms with E-state index in [1.807, 2.05) is 39.0 Å². The normalized spacial score (nSPS) is 11.0. The van der Waals surface area contributed by atoms with E-state index in [2.05, 4.69) is 25.9 Å². The van der Waals surface area contributed by atoms with Crippen LogP contribution in [-0.2, 0) is 0 Å². The first-order valence-electron chi connectivity index (χ1n) is 6.00. The topological polar surface area (TPSA) is 66.0 Å². The molecular formula is C14H15BrN2O2. The van der Waals surface area contributed by atoms with Crippen LogP contribution in [0.25, 0.3) is 11.4 Å². The predicted octanol–water partition coefficient (Wildman–Crippen LogP) is 3.34. The Morgan fingerprint density at radius 2 is 2.05 bits per heavy atom. The molecule has 5 heteroatoms. The summed E-state index contributed by atoms with van der Waals surface area (Å²) in [4.78, 5) is 18.8. The molecule has 0 amide bonds. The monoisotopic (exact) mass is 322 g/mol. The molecule has 0 aliphatic carbocycles. The Bertz CT molecular complexity index is 678. The number of nitrogens with one attached hydrogen (secondary N) is 1. The lowest BCUT2D eigenvalue weighted by Crippen LogP contribution is -2.16. The van der Waals surface area contributed by atoms with Crippen LogP contribution in [0.3, 0.4) is 0 Å². The fraction of sp³-hybridized carbons (Fsp3) is 0.286. The molecule has 0 fully saturated rings. The predicted molar refractivity (Wildman–Crippen MR) is 78.5 cm³/mol. The standard InChI is InChI=1S/C14H15BrN2O2/c1-7(2)11-13(18)16-12(17-14(11)19)9-5-4-8(3)6-10(9)15/h4-7H,1-3H3,(H2,16,17,18,19). The summed E-state index contributed by atoms with van der Waals surface area (Å²) in [5, 5.41) is 9.90. The van der Waals surface area contributed by atoms with Gasteiger partial charge in [0, 0.05) is 10.0 Å². The number of aromatic hydroxyl groups is 1. The van der Waals surface area contributed by atoms with E-state index in [0.717, 1.165) is 15.6 Å². The van der Waals surface area contributed by atoms with Gasteiger partial charge in [0.1, 0.15) is 5.82 Å². The summed E-state index contributed by atoms with van der Waals surface area (Å²) in [5.41, 5.74) is 1.85. The Labute approximate surface area is 119 Å². The maximum atomic E-state index is 12.0. The first-order valence-corrected chi connectivity index (χ1v) is 6.79. The van der Waals surface area contributed by atoms with Crippen LogP contribution < -0.4 is 5.56 Å². The molecule has 1 aromatic carbocycles. The zero-order chi connectivity index (χ0) is 14.2. The summed E-state index contributed by atoms with van der Waals surface area (Å²) in [6.45, 7) is 5.66. The fourth-order valence-electron chi connectivity index (χ4n) is 1.93. The van der Waals surface area contributed by atoms with E-state index in [-0.39, 0.29) is 17.4 Å². The summed E-state index contributed by atoms with van der Waals surface area (Å²) < 4.78 is 0.826. The van der Waals surface area contributed by atoms with Crippen molar-refractivity contribution in [3.8, 4) is 17.3 Å². The van der Waals surface area contributed by atoms with Gasteiger partial charge in [-0.25, -0.2) is 0 Å². The van der Waals surface area contributed by atoms with Crippen molar-refractivity contribution in [2.45, 2.75) is 26.7 Å². The van der Waals surface area contributed by atoms with Gasteiger partial charge in [-0.3, -0.25) is 4.79 Å². The van der Waals surface area contributed by atoms with E-state index in [9.17, 15) is 9.90 Å². The van der Waals surface area contributed by atoms with Gasteiger partial charge in [-0.2, -0.15) is 4.98 Å². The number of H-pyrrole nitrogens is 1. The minimum Gasteiger partial charge on any atom is -0.493 e. The van der Waals surface area contributed by atoms with E-state index in [4.69, 9.17) is 0 Å². The van der Waals surface area contributed by atoms with Gasteiger partial charge in [-0.05, 0) is 30.5 Å². The fourth-order valence-corrected chi connectivity index (χ4v) is 2.61. The molecule has 0 saturated carbocycles. The summed E-state index contributed by atoms with van der Waals surface area (Å²) >= 11 is 3.44. The highest BCUT2D eigenvalue weighted by Gasteiger charge is 2.15. The lowest BCUT2D eigenvalue weighted by atomic mass is 10.1. The van der Waals surface area contributed by atoms with Crippen molar-refractivity contribution in [2.24, 2.45) is 0 Å². The lowest BCUT2D eigenvalue weighted by Gasteiger charge is -2.09. The molecule has 2 N–H and O–H groups in total. The molecule has 0 bridgehead atoms. The number of aromatic nitrogens is 2. The van der Waals surface area contributed by atoms with Crippen LogP contribution in [0.4, 0.5) is 0 Å². The van der Waals surface area contributed by atoms with Crippen LogP contribution in [0.15, 0.2) is 27.5 Å². The van der Waals surface area contributed by atoms with Crippen molar-refractivity contribution < 1.29 is 5.11 Å². The number of aromatic amines is 1. The molecule has 0 saturated heterocycles. The molecule has 1 aromatic heterocycles. The highest BCUT2D eigenvalue weighted by Crippen LogP contribution is 2.28. The van der Waals surface area contributed by atoms with Crippen molar-refractivity contribution in [2.75, 3.05) is 0 Å². The molecule has 0 unspecified atom stereocenters. The van der Waals surface area contributed by atoms with Crippen LogP contribution >= 0.6 is 15.9 Å². The highest BCUT2D eigenvalue weighted by atomic mass is 79.9. The number of benzene rings is 1. The summed E-state index contributed by atoms with van der Waals surface area (Å²) in [6.07, 6.45) is 0. The van der Waals surface area contributed by atoms with Crippen LogP contribution in [0, 0.1) is 6.92 Å². The van der Waals surface area contributed by atoms with Gasteiger partial charge in [-0.15, -0.1) is 0 Å². The molecule has 100 valence electrons. The average Bonchev–Trinajstić information content (AvgIpc) is 2.26. The van der Waals surface area contributed by atoms with Gasteiger partial charge in [-0.1, -0.05) is 35.8 Å². The van der Waals surface area contributed by atoms with Crippen LogP contribution in [0.2, 0.25) is 0 Å². The van der Waals surface area contributed by atoms with E-state index < -0.39 is 0 Å². The van der Waals surface area contributed by atoms with Crippen molar-refractivity contribution in [1.29, 1.82) is 0 Å². The van der Waals surface area contributed by atoms with Gasteiger partial charge in [0.25, 0.3) is 5.56 Å². The first-order chi connectivity index (χ1) is 8.90. The van der Waals surface area contributed by atoms with Crippen LogP contribution in [0.5, 0.6) is 5.88 Å². The Morgan fingerprint density at radius 1 is 1.37 bits per heavy atom. The molecule has 0 spiro atoms. The molecule has 0 radical (unpaired) electrons. The minimum absolute atomic E-state index is 0.0771. The third-order valence-corrected chi connectivity index (χ3v) is 3.55. The van der Waals surface area contributed by atoms with Crippen molar-refractivity contribution in [3.05, 3.63) is 44.2 Å². The van der Waals surface area contributed by atoms with Gasteiger partial charge in [0.2, 0.25) is 5.88 Å². The second kappa shape index (κ2) is 5.17. The smallest absolute Gasteiger partial charge is 0.258 e. The summed E-state index contributed by atoms with van der Waals surface area (Å²) in [7, 11) is 0. The molecule has 19 heavy (non-hydrogen) atoms. The van der Waals surface area contributed by atoms with E-state index in [1.54, 1.807) is 0 Å². The Kier molecular flexibility index (Phi) is 3.75. The largest absolute Gasteiger partial charge is 0.493 e. The number of hydrogen-bond donors (Lipinski definition) is 2. The number of halogens is 1. The quantitative estimate of drug-likeness (QED) is 0.891. The molecule has 1 heterocycles. The summed E-state index contributed by atoms with van der Waals surface area (Å²) in [5.74, 6) is 0.0757. The van der Waals surface area contributed by atoms with Crippen LogP contribution in [-0.4, -0.2) is 15.1 Å². The Morgan fingerprint density at radius 3 is 2.58 bits per heavy atom. The van der Waals surface area contributed by atoms with Crippen molar-refractivity contribution in [1.82, 2.24) is 9.97 Å². The third kappa shape index (κ3) is 2.71. The zero-order valence-electron chi connectivity index (χ0n) is 11.0. The number of hydrogen-bond acceptors (Lipinski definition) is 3. The van der Waals surface area contributed by atoms with Crippen molar-refractivity contribution in [3.63, 3.8) is 0 Å². The van der Waals surface area contributed by atoms with E-state index in [0.29, 0.717) is 11.4 Å². The van der Waals surface area contributed by atoms with Crippen molar-refractivity contribution >= 4 is 15.9 Å². The van der Waals surface area contributed by atoms with Crippen LogP contribution in [0.1, 0.15) is 30.9 Å². The van der Waals surface area contributed by atoms with E-state index in [1.165, 1.54) is 0 Å². The lowest BCUT2D eigenvalue weighted by molar-refractivity contribution is 0.440. The highest BCUT2D eigenvalue weighted by molar-refractivity contribution is 9.10. The molecule has 0 aliphatic rings. The van der Waals surface area contributed by atoms with Gasteiger partial charge in [0.05, 0.1) is 5.56 Å². The molecular weight excluding hydrogens is 308 g/mol. The summed E-state index contributed by atoms with van der Waals surface area (Å²) in [6, 6.07) is 5.71. The maximum absolute atomic E-state index is 12.0. The second-order valence-corrected chi connectivity index (χ2v) is 5.64. The van der Waals surface area contributed by atoms with Gasteiger partial charge in [0.15, 0.2) is 0 Å². The third-order valence-electron chi connectivity index (χ3n) is 2.89. The SMILES string of the molecule is Cc1ccc(-c2nc(O)c(C(C)C)c(=O)[nH]2)c(Br)c1. The Balaban J connectivity index is 2.62. The molecule has 0 aliphatic heterocycles. The Hall–Kier alpha value is -1.62. The average molecular weight is 323 g/mol. The number of nitrogens with zero attached hydrogens (tertiary/aromatic N) is 1. The minimum atomic E-state index is -0.301. The van der Waals surface area contributed by atoms with Gasteiger partial charge >= 0.3 is 0 Å². The van der Waals surface area contributed by atoms with E-state index >= 15 is 0 Å². The molecule has 0 atom stereocenters. The zero-order valence-corrected chi connectivity index (χ0v) is 12.6. The number of aryl methyl sites for hydroxylation is 1. The molecule has 2 aromatic rings.